The van der Waals surface area contributed by atoms with Crippen molar-refractivity contribution < 1.29 is 8.42 Å². The van der Waals surface area contributed by atoms with Gasteiger partial charge in [-0.2, -0.15) is 0 Å². The first-order valence-corrected chi connectivity index (χ1v) is 8.10. The average Bonchev–Trinajstić information content (AvgIpc) is 2.41. The van der Waals surface area contributed by atoms with Crippen molar-refractivity contribution in [2.24, 2.45) is 0 Å². The summed E-state index contributed by atoms with van der Waals surface area (Å²) in [7, 11) is -3.55. The molecule has 106 valence electrons. The minimum absolute atomic E-state index is 0.336. The van der Waals surface area contributed by atoms with E-state index in [4.69, 9.17) is 0 Å². The van der Waals surface area contributed by atoms with Crippen molar-refractivity contribution in [3.8, 4) is 0 Å². The molecular weight excluding hydrogens is 270 g/mol. The highest BCUT2D eigenvalue weighted by Gasteiger charge is 2.18. The lowest BCUT2D eigenvalue weighted by molar-refractivity contribution is 0.600. The van der Waals surface area contributed by atoms with Crippen molar-refractivity contribution in [1.82, 2.24) is 0 Å². The van der Waals surface area contributed by atoms with Crippen molar-refractivity contribution in [3.63, 3.8) is 0 Å². The third kappa shape index (κ3) is 3.02. The number of sulfonamides is 1. The molecule has 0 heterocycles. The Hall–Kier alpha value is -1.81. The monoisotopic (exact) mass is 289 g/mol. The van der Waals surface area contributed by atoms with E-state index in [-0.39, 0.29) is 0 Å². The predicted octanol–water partition coefficient (Wildman–Crippen LogP) is 3.67. The number of hydrogen-bond donors (Lipinski definition) is 1. The number of nitrogens with one attached hydrogen (secondary N) is 1. The Labute approximate surface area is 120 Å². The van der Waals surface area contributed by atoms with Crippen molar-refractivity contribution >= 4 is 15.7 Å². The Bertz CT molecular complexity index is 721. The molecular formula is C16H19NO2S. The van der Waals surface area contributed by atoms with Crippen LogP contribution in [0.3, 0.4) is 0 Å². The number of rotatable bonds is 4. The largest absolute Gasteiger partial charge is 0.279 e. The zero-order chi connectivity index (χ0) is 14.8. The lowest BCUT2D eigenvalue weighted by Gasteiger charge is -2.13. The first-order valence-electron chi connectivity index (χ1n) is 6.62. The highest BCUT2D eigenvalue weighted by Crippen LogP contribution is 2.23. The minimum atomic E-state index is -3.55. The first-order chi connectivity index (χ1) is 9.44. The van der Waals surface area contributed by atoms with E-state index in [0.29, 0.717) is 10.6 Å². The summed E-state index contributed by atoms with van der Waals surface area (Å²) < 4.78 is 27.8. The van der Waals surface area contributed by atoms with Crippen LogP contribution in [0.1, 0.15) is 23.6 Å². The summed E-state index contributed by atoms with van der Waals surface area (Å²) in [6.45, 7) is 5.70. The van der Waals surface area contributed by atoms with Gasteiger partial charge in [-0.15, -0.1) is 0 Å². The van der Waals surface area contributed by atoms with Crippen molar-refractivity contribution in [3.05, 3.63) is 59.2 Å². The fourth-order valence-corrected chi connectivity index (χ4v) is 3.56. The third-order valence-electron chi connectivity index (χ3n) is 3.28. The van der Waals surface area contributed by atoms with Crippen LogP contribution in [0, 0.1) is 13.8 Å². The summed E-state index contributed by atoms with van der Waals surface area (Å²) in [6.07, 6.45) is 0.783. The smallest absolute Gasteiger partial charge is 0.262 e. The molecule has 0 aromatic heterocycles. The van der Waals surface area contributed by atoms with Gasteiger partial charge in [0.05, 0.1) is 10.6 Å². The van der Waals surface area contributed by atoms with E-state index in [1.54, 1.807) is 19.1 Å². The van der Waals surface area contributed by atoms with Crippen LogP contribution < -0.4 is 4.72 Å². The molecule has 0 amide bonds. The maximum absolute atomic E-state index is 12.5. The number of para-hydroxylation sites is 1. The Kier molecular flexibility index (Phi) is 4.14. The van der Waals surface area contributed by atoms with E-state index >= 15 is 0 Å². The SMILES string of the molecule is CCc1ccccc1NS(=O)(=O)c1cc(C)ccc1C. The first kappa shape index (κ1) is 14.6. The maximum atomic E-state index is 12.5. The second kappa shape index (κ2) is 5.67. The van der Waals surface area contributed by atoms with Crippen molar-refractivity contribution in [1.29, 1.82) is 0 Å². The second-order valence-corrected chi connectivity index (χ2v) is 6.54. The highest BCUT2D eigenvalue weighted by molar-refractivity contribution is 7.92. The summed E-state index contributed by atoms with van der Waals surface area (Å²) >= 11 is 0. The lowest BCUT2D eigenvalue weighted by atomic mass is 10.1. The van der Waals surface area contributed by atoms with Crippen LogP contribution in [0.4, 0.5) is 5.69 Å². The molecule has 3 nitrogen and oxygen atoms in total. The van der Waals surface area contributed by atoms with Gasteiger partial charge in [0.15, 0.2) is 0 Å². The number of hydrogen-bond acceptors (Lipinski definition) is 2. The molecule has 4 heteroatoms. The quantitative estimate of drug-likeness (QED) is 0.933. The van der Waals surface area contributed by atoms with E-state index in [9.17, 15) is 8.42 Å². The fraction of sp³-hybridized carbons (Fsp3) is 0.250. The molecule has 0 saturated heterocycles. The number of aryl methyl sites for hydroxylation is 3. The van der Waals surface area contributed by atoms with Gasteiger partial charge in [0, 0.05) is 0 Å². The van der Waals surface area contributed by atoms with Crippen LogP contribution in [0.2, 0.25) is 0 Å². The van der Waals surface area contributed by atoms with Gasteiger partial charge in [0.1, 0.15) is 0 Å². The van der Waals surface area contributed by atoms with E-state index in [0.717, 1.165) is 23.1 Å². The molecule has 0 aliphatic heterocycles. The van der Waals surface area contributed by atoms with Gasteiger partial charge in [0.25, 0.3) is 10.0 Å². The molecule has 0 fully saturated rings. The second-order valence-electron chi connectivity index (χ2n) is 4.89. The zero-order valence-corrected chi connectivity index (χ0v) is 12.8. The van der Waals surface area contributed by atoms with Crippen LogP contribution in [0.15, 0.2) is 47.4 Å². The van der Waals surface area contributed by atoms with E-state index in [1.807, 2.05) is 44.2 Å². The Balaban J connectivity index is 2.43. The van der Waals surface area contributed by atoms with Crippen molar-refractivity contribution in [2.75, 3.05) is 4.72 Å². The molecule has 2 aromatic rings. The van der Waals surface area contributed by atoms with Gasteiger partial charge in [0.2, 0.25) is 0 Å². The van der Waals surface area contributed by atoms with Crippen LogP contribution in [0.25, 0.3) is 0 Å². The highest BCUT2D eigenvalue weighted by atomic mass is 32.2. The fourth-order valence-electron chi connectivity index (χ4n) is 2.12. The molecule has 0 unspecified atom stereocenters. The third-order valence-corrected chi connectivity index (χ3v) is 4.78. The summed E-state index contributed by atoms with van der Waals surface area (Å²) in [5, 5.41) is 0. The molecule has 20 heavy (non-hydrogen) atoms. The molecule has 0 atom stereocenters. The molecule has 0 saturated carbocycles. The van der Waals surface area contributed by atoms with Gasteiger partial charge in [-0.1, -0.05) is 37.3 Å². The van der Waals surface area contributed by atoms with Gasteiger partial charge >= 0.3 is 0 Å². The molecule has 2 aromatic carbocycles. The standard InChI is InChI=1S/C16H19NO2S/c1-4-14-7-5-6-8-15(14)17-20(18,19)16-11-12(2)9-10-13(16)3/h5-11,17H,4H2,1-3H3. The molecule has 0 radical (unpaired) electrons. The Morgan fingerprint density at radius 3 is 2.45 bits per heavy atom. The van der Waals surface area contributed by atoms with E-state index in [2.05, 4.69) is 4.72 Å². The summed E-state index contributed by atoms with van der Waals surface area (Å²) in [4.78, 5) is 0.336. The van der Waals surface area contributed by atoms with Crippen LogP contribution >= 0.6 is 0 Å². The van der Waals surface area contributed by atoms with Gasteiger partial charge in [-0.3, -0.25) is 4.72 Å². The lowest BCUT2D eigenvalue weighted by Crippen LogP contribution is -2.15. The predicted molar refractivity (Wildman–Crippen MR) is 82.5 cm³/mol. The van der Waals surface area contributed by atoms with E-state index < -0.39 is 10.0 Å². The normalized spacial score (nSPS) is 11.3. The van der Waals surface area contributed by atoms with Crippen LogP contribution in [-0.4, -0.2) is 8.42 Å². The molecule has 1 N–H and O–H groups in total. The summed E-state index contributed by atoms with van der Waals surface area (Å²) in [5.41, 5.74) is 3.31. The topological polar surface area (TPSA) is 46.2 Å². The van der Waals surface area contributed by atoms with Crippen LogP contribution in [-0.2, 0) is 16.4 Å². The molecule has 0 bridgehead atoms. The van der Waals surface area contributed by atoms with Crippen molar-refractivity contribution in [2.45, 2.75) is 32.1 Å². The van der Waals surface area contributed by atoms with Gasteiger partial charge < -0.3 is 0 Å². The molecule has 0 spiro atoms. The van der Waals surface area contributed by atoms with Gasteiger partial charge in [-0.05, 0) is 49.1 Å². The Morgan fingerprint density at radius 2 is 1.75 bits per heavy atom. The molecule has 2 rings (SSSR count). The maximum Gasteiger partial charge on any atom is 0.262 e. The Morgan fingerprint density at radius 1 is 1.05 bits per heavy atom. The minimum Gasteiger partial charge on any atom is -0.279 e. The van der Waals surface area contributed by atoms with Crippen LogP contribution in [0.5, 0.6) is 0 Å². The number of benzene rings is 2. The summed E-state index contributed by atoms with van der Waals surface area (Å²) in [5.74, 6) is 0. The number of anilines is 1. The molecule has 0 aliphatic rings. The van der Waals surface area contributed by atoms with E-state index in [1.165, 1.54) is 0 Å². The summed E-state index contributed by atoms with van der Waals surface area (Å²) in [6, 6.07) is 12.9. The average molecular weight is 289 g/mol. The zero-order valence-electron chi connectivity index (χ0n) is 12.0. The molecule has 0 aliphatic carbocycles. The van der Waals surface area contributed by atoms with Gasteiger partial charge in [-0.25, -0.2) is 8.42 Å².